The summed E-state index contributed by atoms with van der Waals surface area (Å²) in [5.41, 5.74) is 17.1. The van der Waals surface area contributed by atoms with Gasteiger partial charge in [-0.05, 0) is 105 Å². The number of aromatic nitrogens is 17. The van der Waals surface area contributed by atoms with E-state index in [9.17, 15) is 19.2 Å². The van der Waals surface area contributed by atoms with Crippen molar-refractivity contribution in [2.75, 3.05) is 21.3 Å². The molecule has 0 bridgehead atoms. The fourth-order valence-corrected chi connectivity index (χ4v) is 7.71. The van der Waals surface area contributed by atoms with Gasteiger partial charge in [-0.25, -0.2) is 44.1 Å². The van der Waals surface area contributed by atoms with E-state index in [1.807, 2.05) is 86.6 Å². The van der Waals surface area contributed by atoms with Crippen LogP contribution in [0.5, 0.6) is 0 Å². The molecule has 0 amide bonds. The Kier molecular flexibility index (Phi) is 13.8. The first-order valence-electron chi connectivity index (χ1n) is 23.2. The van der Waals surface area contributed by atoms with E-state index < -0.39 is 0 Å². The molecule has 0 spiro atoms. The van der Waals surface area contributed by atoms with Crippen LogP contribution >= 0.6 is 0 Å². The van der Waals surface area contributed by atoms with Gasteiger partial charge in [-0.3, -0.25) is 4.98 Å². The van der Waals surface area contributed by atoms with Crippen LogP contribution in [0.2, 0.25) is 0 Å². The molecule has 0 saturated carbocycles. The summed E-state index contributed by atoms with van der Waals surface area (Å²) in [5, 5.41) is 25.7. The van der Waals surface area contributed by atoms with Gasteiger partial charge in [0.25, 0.3) is 5.78 Å². The number of nitrogens with zero attached hydrogens (tertiary/aromatic N) is 10. The van der Waals surface area contributed by atoms with Crippen molar-refractivity contribution in [3.05, 3.63) is 193 Å². The Hall–Kier alpha value is -11.5. The first-order chi connectivity index (χ1) is 37.4. The van der Waals surface area contributed by atoms with Gasteiger partial charge in [-0.15, -0.1) is 0 Å². The minimum atomic E-state index is -0.249. The Morgan fingerprint density at radius 3 is 1.52 bits per heavy atom. The zero-order valence-corrected chi connectivity index (χ0v) is 40.5. The van der Waals surface area contributed by atoms with Crippen LogP contribution in [0, 0.1) is 25.2 Å². The second-order valence-corrected chi connectivity index (χ2v) is 16.7. The van der Waals surface area contributed by atoms with Crippen LogP contribution in [0.4, 0.5) is 45.9 Å². The van der Waals surface area contributed by atoms with Gasteiger partial charge in [-0.1, -0.05) is 0 Å². The molecule has 0 radical (unpaired) electrons. The number of aromatic amines is 8. The summed E-state index contributed by atoms with van der Waals surface area (Å²) in [6, 6.07) is 31.1. The number of fused-ring (bicyclic) bond motifs is 5. The molecular weight excluding hydrogens is 987 g/mol. The van der Waals surface area contributed by atoms with Crippen LogP contribution in [-0.4, -0.2) is 84.4 Å². The van der Waals surface area contributed by atoms with Gasteiger partial charge >= 0.3 is 22.8 Å². The average Bonchev–Trinajstić information content (AvgIpc) is 4.29. The molecule has 0 aliphatic carbocycles. The molecule has 27 nitrogen and oxygen atoms in total. The quantitative estimate of drug-likeness (QED) is 0.0817. The molecule has 0 aliphatic heterocycles. The lowest BCUT2D eigenvalue weighted by atomic mass is 10.2. The van der Waals surface area contributed by atoms with Crippen molar-refractivity contribution < 1.29 is 0 Å². The number of rotatable bonds is 9. The van der Waals surface area contributed by atoms with E-state index in [1.54, 1.807) is 53.4 Å². The average molecular weight is 1030 g/mol. The third kappa shape index (κ3) is 11.7. The lowest BCUT2D eigenvalue weighted by Gasteiger charge is -2.12. The van der Waals surface area contributed by atoms with E-state index >= 15 is 0 Å². The molecule has 9 heterocycles. The number of nitriles is 1. The topological polar surface area (TPSA) is 400 Å². The molecule has 0 unspecified atom stereocenters. The SMILES string of the molecule is Cc1nc2ncnn2c(Nc2ccc3[nH]c(=O)[nH]c3c2)c1C.N#Cc1cc(Nc2ccc3[nH]c(=O)[nH]c3c2)ncn1.NCc1nccc(Nc2ccc3[nH]c(=O)[nH]c3c2)n1.O=c1[nH]c2ccc(Nc3ccncc3)cc2[nH]1. The number of aryl methyl sites for hydroxylation is 1. The lowest BCUT2D eigenvalue weighted by Crippen LogP contribution is -2.06. The highest BCUT2D eigenvalue weighted by molar-refractivity contribution is 5.83. The Bertz CT molecular complexity index is 4510. The van der Waals surface area contributed by atoms with Crippen molar-refractivity contribution in [3.63, 3.8) is 0 Å². The van der Waals surface area contributed by atoms with E-state index in [4.69, 9.17) is 11.0 Å². The first kappa shape index (κ1) is 49.1. The molecule has 13 aromatic rings. The predicted octanol–water partition coefficient (Wildman–Crippen LogP) is 5.76. The maximum atomic E-state index is 11.3. The fourth-order valence-electron chi connectivity index (χ4n) is 7.71. The fraction of sp³-hybridized carbons (Fsp3) is 0.0600. The Morgan fingerprint density at radius 2 is 1.00 bits per heavy atom. The number of benzene rings is 4. The van der Waals surface area contributed by atoms with Gasteiger partial charge in [0.05, 0.1) is 50.7 Å². The van der Waals surface area contributed by atoms with Crippen molar-refractivity contribution >= 4 is 95.8 Å². The molecule has 0 saturated heterocycles. The summed E-state index contributed by atoms with van der Waals surface area (Å²) in [4.78, 5) is 94.9. The van der Waals surface area contributed by atoms with Crippen LogP contribution in [0.15, 0.2) is 147 Å². The smallest absolute Gasteiger partial charge is 0.323 e. The van der Waals surface area contributed by atoms with Crippen LogP contribution in [0.1, 0.15) is 22.8 Å². The molecule has 0 aliphatic rings. The highest BCUT2D eigenvalue weighted by Gasteiger charge is 2.12. The number of pyridine rings is 1. The number of hydrogen-bond acceptors (Lipinski definition) is 18. The lowest BCUT2D eigenvalue weighted by molar-refractivity contribution is 0.912. The third-order valence-electron chi connectivity index (χ3n) is 11.4. The molecule has 4 aromatic carbocycles. The van der Waals surface area contributed by atoms with Crippen molar-refractivity contribution in [3.8, 4) is 6.07 Å². The normalized spacial score (nSPS) is 10.8. The van der Waals surface area contributed by atoms with Crippen molar-refractivity contribution in [1.82, 2.24) is 84.4 Å². The second-order valence-electron chi connectivity index (χ2n) is 16.7. The summed E-state index contributed by atoms with van der Waals surface area (Å²) < 4.78 is 1.66. The molecule has 0 atom stereocenters. The number of imidazole rings is 4. The van der Waals surface area contributed by atoms with Gasteiger partial charge in [0.1, 0.15) is 47.7 Å². The number of H-pyrrole nitrogens is 8. The molecule has 382 valence electrons. The van der Waals surface area contributed by atoms with E-state index in [0.29, 0.717) is 35.3 Å². The van der Waals surface area contributed by atoms with Gasteiger partial charge in [0.2, 0.25) is 0 Å². The number of anilines is 8. The van der Waals surface area contributed by atoms with Crippen molar-refractivity contribution in [1.29, 1.82) is 5.26 Å². The van der Waals surface area contributed by atoms with Crippen LogP contribution in [0.3, 0.4) is 0 Å². The summed E-state index contributed by atoms with van der Waals surface area (Å²) in [6.45, 7) is 4.20. The number of nitrogens with two attached hydrogens (primary N) is 1. The molecule has 0 fully saturated rings. The Labute approximate surface area is 430 Å². The van der Waals surface area contributed by atoms with Crippen LogP contribution in [-0.2, 0) is 6.54 Å². The highest BCUT2D eigenvalue weighted by atomic mass is 16.2. The van der Waals surface area contributed by atoms with Crippen LogP contribution < -0.4 is 49.8 Å². The molecular formula is C50H43N23O4. The van der Waals surface area contributed by atoms with Gasteiger partial charge in [0, 0.05) is 64.4 Å². The van der Waals surface area contributed by atoms with Crippen molar-refractivity contribution in [2.24, 2.45) is 5.73 Å². The van der Waals surface area contributed by atoms with E-state index in [2.05, 4.69) is 101 Å². The molecule has 77 heavy (non-hydrogen) atoms. The maximum absolute atomic E-state index is 11.3. The van der Waals surface area contributed by atoms with Gasteiger partial charge in [0.15, 0.2) is 0 Å². The first-order valence-corrected chi connectivity index (χ1v) is 23.2. The number of nitrogens with one attached hydrogen (secondary N) is 12. The van der Waals surface area contributed by atoms with Gasteiger partial charge < -0.3 is 66.9 Å². The highest BCUT2D eigenvalue weighted by Crippen LogP contribution is 2.25. The molecule has 14 N–H and O–H groups in total. The third-order valence-corrected chi connectivity index (χ3v) is 11.4. The van der Waals surface area contributed by atoms with E-state index in [0.717, 1.165) is 84.1 Å². The summed E-state index contributed by atoms with van der Waals surface area (Å²) >= 11 is 0. The minimum absolute atomic E-state index is 0.193. The minimum Gasteiger partial charge on any atom is -0.355 e. The maximum Gasteiger partial charge on any atom is 0.323 e. The summed E-state index contributed by atoms with van der Waals surface area (Å²) in [7, 11) is 0. The monoisotopic (exact) mass is 1030 g/mol. The zero-order chi connectivity index (χ0) is 53.4. The zero-order valence-electron chi connectivity index (χ0n) is 40.5. The standard InChI is InChI=1S/C14H13N7O.C12H8N6O.C12H12N6O.C12H10N4O/c1-7-8(2)17-13-15-6-16-21(13)12(7)18-9-3-4-10-11(5-9)20-14(22)19-10;13-5-8-4-11(15-6-14-8)16-7-1-2-9-10(3-7)18-12(19)17-9;13-6-11-14-4-3-10(18-11)15-7-1-2-8-9(5-7)17-12(19)16-8;17-12-15-10-2-1-9(7-11(10)16-12)14-8-3-5-13-6-4-8/h3-6,18H,1-2H3,(H2,19,20,22);1-4,6H,(H,14,15,16)(H2,17,18,19);1-5H,6,13H2,(H,14,15,18)(H2,16,17,19);1-7H,(H,13,14)(H2,15,16,17). The predicted molar refractivity (Wildman–Crippen MR) is 290 cm³/mol. The van der Waals surface area contributed by atoms with E-state index in [1.165, 1.54) is 12.7 Å². The second kappa shape index (κ2) is 21.7. The Morgan fingerprint density at radius 1 is 0.506 bits per heavy atom. The van der Waals surface area contributed by atoms with Crippen molar-refractivity contribution in [2.45, 2.75) is 20.4 Å². The number of hydrogen-bond donors (Lipinski definition) is 13. The molecule has 13 rings (SSSR count). The summed E-state index contributed by atoms with van der Waals surface area (Å²) in [6.07, 6.45) is 7.88. The Balaban J connectivity index is 0.000000117. The molecule has 27 heteroatoms. The summed E-state index contributed by atoms with van der Waals surface area (Å²) in [5.74, 6) is 3.09. The molecule has 9 aromatic heterocycles. The van der Waals surface area contributed by atoms with Gasteiger partial charge in [-0.2, -0.15) is 19.9 Å². The van der Waals surface area contributed by atoms with Crippen LogP contribution in [0.25, 0.3) is 49.9 Å². The van der Waals surface area contributed by atoms with E-state index in [-0.39, 0.29) is 28.5 Å². The largest absolute Gasteiger partial charge is 0.355 e.